The number of hydrogen-bond acceptors (Lipinski definition) is 1. The van der Waals surface area contributed by atoms with Crippen molar-refractivity contribution in [2.75, 3.05) is 0 Å². The molecule has 214 valence electrons. The zero-order valence-electron chi connectivity index (χ0n) is 25.9. The van der Waals surface area contributed by atoms with Crippen molar-refractivity contribution in [2.45, 2.75) is 85.0 Å². The predicted octanol–water partition coefficient (Wildman–Crippen LogP) is 10.5. The Labute approximate surface area is 252 Å². The number of carbonyl (C=O) groups is 1. The number of aryl methyl sites for hydroxylation is 2. The summed E-state index contributed by atoms with van der Waals surface area (Å²) in [5.74, 6) is 2.53. The summed E-state index contributed by atoms with van der Waals surface area (Å²) in [4.78, 5) is 12.6. The van der Waals surface area contributed by atoms with E-state index < -0.39 is 0 Å². The van der Waals surface area contributed by atoms with Gasteiger partial charge in [-0.25, -0.2) is 0 Å². The predicted molar refractivity (Wildman–Crippen MR) is 177 cm³/mol. The van der Waals surface area contributed by atoms with Gasteiger partial charge in [-0.1, -0.05) is 79.3 Å². The van der Waals surface area contributed by atoms with Gasteiger partial charge in [-0.05, 0) is 145 Å². The lowest BCUT2D eigenvalue weighted by molar-refractivity contribution is -0.128. The first-order chi connectivity index (χ1) is 20.3. The number of Topliss-reactive ketones (excluding diaryl/α,β-unsaturated/α-hetero) is 1. The fourth-order valence-corrected chi connectivity index (χ4v) is 8.68. The number of benzene rings is 3. The Kier molecular flexibility index (Phi) is 6.96. The Bertz CT molecular complexity index is 1660. The summed E-state index contributed by atoms with van der Waals surface area (Å²) in [5.41, 5.74) is 18.1. The standard InChI is InChI=1S/C41H44O/c1-24(2)17-36-26(4)18-33-21-32(23-38(33)41(36)28-11-9-25(3)10-12-28)29-13-15-34-27(5)19-37(39(34)22-29)31-14-16-35-30(20-31)7-6-8-40(35)42/h9-13,15,18-19,21-22,27,30-31,35H,1,6-8,14,16-17,20,23H2,2-5H3. The second-order valence-corrected chi connectivity index (χ2v) is 13.9. The van der Waals surface area contributed by atoms with Gasteiger partial charge in [0.25, 0.3) is 0 Å². The van der Waals surface area contributed by atoms with Crippen molar-refractivity contribution in [3.8, 4) is 11.1 Å². The maximum absolute atomic E-state index is 12.6. The Morgan fingerprint density at radius 2 is 1.76 bits per heavy atom. The zero-order valence-corrected chi connectivity index (χ0v) is 25.9. The molecular weight excluding hydrogens is 508 g/mol. The molecule has 1 heteroatoms. The maximum atomic E-state index is 12.6. The molecule has 0 amide bonds. The highest BCUT2D eigenvalue weighted by molar-refractivity contribution is 5.94. The minimum atomic E-state index is 0.336. The van der Waals surface area contributed by atoms with Gasteiger partial charge < -0.3 is 0 Å². The summed E-state index contributed by atoms with van der Waals surface area (Å²) < 4.78 is 0. The molecule has 0 aliphatic heterocycles. The highest BCUT2D eigenvalue weighted by Gasteiger charge is 2.39. The molecule has 4 aliphatic rings. The molecule has 3 aromatic rings. The van der Waals surface area contributed by atoms with Crippen LogP contribution in [0, 0.1) is 31.6 Å². The van der Waals surface area contributed by atoms with E-state index in [9.17, 15) is 4.79 Å². The van der Waals surface area contributed by atoms with Crippen molar-refractivity contribution in [3.05, 3.63) is 111 Å². The summed E-state index contributed by atoms with van der Waals surface area (Å²) in [6, 6.07) is 18.8. The molecule has 0 bridgehead atoms. The monoisotopic (exact) mass is 552 g/mol. The van der Waals surface area contributed by atoms with Crippen molar-refractivity contribution in [1.29, 1.82) is 0 Å². The number of ketones is 1. The molecule has 3 aromatic carbocycles. The third kappa shape index (κ3) is 4.76. The maximum Gasteiger partial charge on any atom is 0.136 e. The minimum absolute atomic E-state index is 0.336. The van der Waals surface area contributed by atoms with Crippen LogP contribution in [-0.4, -0.2) is 5.78 Å². The third-order valence-electron chi connectivity index (χ3n) is 10.8. The van der Waals surface area contributed by atoms with Crippen LogP contribution in [0.15, 0.2) is 66.8 Å². The number of rotatable bonds is 5. The van der Waals surface area contributed by atoms with Crippen LogP contribution in [0.2, 0.25) is 0 Å². The van der Waals surface area contributed by atoms with Crippen molar-refractivity contribution in [1.82, 2.24) is 0 Å². The fraction of sp³-hybridized carbons (Fsp3) is 0.390. The summed E-state index contributed by atoms with van der Waals surface area (Å²) in [6.07, 6.45) is 13.5. The number of allylic oxidation sites excluding steroid dienone is 4. The molecule has 7 rings (SSSR count). The topological polar surface area (TPSA) is 17.1 Å². The molecule has 42 heavy (non-hydrogen) atoms. The van der Waals surface area contributed by atoms with Gasteiger partial charge in [0, 0.05) is 18.3 Å². The Hall–Kier alpha value is -3.45. The van der Waals surface area contributed by atoms with Crippen LogP contribution >= 0.6 is 0 Å². The Morgan fingerprint density at radius 3 is 2.55 bits per heavy atom. The van der Waals surface area contributed by atoms with E-state index in [0.29, 0.717) is 29.5 Å². The second kappa shape index (κ2) is 10.7. The van der Waals surface area contributed by atoms with E-state index in [-0.39, 0.29) is 0 Å². The van der Waals surface area contributed by atoms with Crippen LogP contribution in [0.4, 0.5) is 0 Å². The summed E-state index contributed by atoms with van der Waals surface area (Å²) in [5, 5.41) is 0. The Morgan fingerprint density at radius 1 is 0.976 bits per heavy atom. The van der Waals surface area contributed by atoms with Crippen LogP contribution in [0.5, 0.6) is 0 Å². The molecule has 0 saturated heterocycles. The largest absolute Gasteiger partial charge is 0.299 e. The number of hydrogen-bond donors (Lipinski definition) is 0. The van der Waals surface area contributed by atoms with Gasteiger partial charge in [0.1, 0.15) is 5.78 Å². The molecule has 4 unspecified atom stereocenters. The summed E-state index contributed by atoms with van der Waals surface area (Å²) >= 11 is 0. The van der Waals surface area contributed by atoms with E-state index in [1.165, 1.54) is 79.6 Å². The van der Waals surface area contributed by atoms with Crippen LogP contribution < -0.4 is 0 Å². The van der Waals surface area contributed by atoms with Gasteiger partial charge in [0.15, 0.2) is 0 Å². The lowest BCUT2D eigenvalue weighted by Gasteiger charge is -2.39. The Balaban J connectivity index is 1.22. The molecule has 2 fully saturated rings. The van der Waals surface area contributed by atoms with Gasteiger partial charge in [0.2, 0.25) is 0 Å². The molecule has 1 nitrogen and oxygen atoms in total. The van der Waals surface area contributed by atoms with Crippen LogP contribution in [0.3, 0.4) is 0 Å². The first kappa shape index (κ1) is 27.4. The summed E-state index contributed by atoms with van der Waals surface area (Å²) in [6.45, 7) is 13.2. The smallest absolute Gasteiger partial charge is 0.136 e. The van der Waals surface area contributed by atoms with Crippen LogP contribution in [0.1, 0.15) is 103 Å². The average molecular weight is 553 g/mol. The van der Waals surface area contributed by atoms with E-state index in [1.54, 1.807) is 5.57 Å². The van der Waals surface area contributed by atoms with Gasteiger partial charge in [0.05, 0.1) is 0 Å². The second-order valence-electron chi connectivity index (χ2n) is 13.9. The summed E-state index contributed by atoms with van der Waals surface area (Å²) in [7, 11) is 0. The molecule has 0 aromatic heterocycles. The van der Waals surface area contributed by atoms with Crippen LogP contribution in [-0.2, 0) is 17.6 Å². The zero-order chi connectivity index (χ0) is 29.1. The first-order valence-electron chi connectivity index (χ1n) is 16.2. The highest BCUT2D eigenvalue weighted by Crippen LogP contribution is 2.50. The molecule has 0 N–H and O–H groups in total. The SMILES string of the molecule is C=C(C)Cc1c(C)cc2c(c1-c1ccc(C)cc1)CC(c1ccc3c(c1)C(C1CCC4C(=O)CCCC4C1)=CC3C)=C2. The number of carbonyl (C=O) groups excluding carboxylic acids is 1. The van der Waals surface area contributed by atoms with Gasteiger partial charge in [-0.2, -0.15) is 0 Å². The van der Waals surface area contributed by atoms with Gasteiger partial charge in [-0.3, -0.25) is 4.79 Å². The van der Waals surface area contributed by atoms with Crippen molar-refractivity contribution in [2.24, 2.45) is 17.8 Å². The molecule has 4 atom stereocenters. The van der Waals surface area contributed by atoms with Gasteiger partial charge in [-0.15, -0.1) is 0 Å². The number of fused-ring (bicyclic) bond motifs is 3. The van der Waals surface area contributed by atoms with Crippen molar-refractivity contribution < 1.29 is 4.79 Å². The lowest BCUT2D eigenvalue weighted by Crippen LogP contribution is -2.34. The van der Waals surface area contributed by atoms with E-state index >= 15 is 0 Å². The average Bonchev–Trinajstić information content (AvgIpc) is 3.54. The van der Waals surface area contributed by atoms with E-state index in [2.05, 4.69) is 95.0 Å². The van der Waals surface area contributed by atoms with E-state index in [1.807, 2.05) is 0 Å². The molecule has 0 spiro atoms. The van der Waals surface area contributed by atoms with Crippen molar-refractivity contribution >= 4 is 23.0 Å². The fourth-order valence-electron chi connectivity index (χ4n) is 8.68. The molecule has 2 saturated carbocycles. The molecule has 4 aliphatic carbocycles. The van der Waals surface area contributed by atoms with E-state index in [4.69, 9.17) is 0 Å². The minimum Gasteiger partial charge on any atom is -0.299 e. The van der Waals surface area contributed by atoms with Gasteiger partial charge >= 0.3 is 0 Å². The third-order valence-corrected chi connectivity index (χ3v) is 10.8. The first-order valence-corrected chi connectivity index (χ1v) is 16.2. The normalized spacial score (nSPS) is 24.5. The van der Waals surface area contributed by atoms with E-state index in [0.717, 1.165) is 38.5 Å². The van der Waals surface area contributed by atoms with Crippen molar-refractivity contribution in [3.63, 3.8) is 0 Å². The quantitative estimate of drug-likeness (QED) is 0.288. The molecule has 0 radical (unpaired) electrons. The highest BCUT2D eigenvalue weighted by atomic mass is 16.1. The molecular formula is C41H44O. The lowest BCUT2D eigenvalue weighted by atomic mass is 9.65. The molecule has 0 heterocycles. The van der Waals surface area contributed by atoms with Crippen LogP contribution in [0.25, 0.3) is 28.3 Å².